The topological polar surface area (TPSA) is 29.1 Å². The van der Waals surface area contributed by atoms with E-state index in [1.165, 1.54) is 24.3 Å². The summed E-state index contributed by atoms with van der Waals surface area (Å²) in [6, 6.07) is 7.72. The third-order valence-corrected chi connectivity index (χ3v) is 3.34. The molecule has 1 amide bonds. The van der Waals surface area contributed by atoms with Crippen LogP contribution in [-0.2, 0) is 0 Å². The predicted molar refractivity (Wildman–Crippen MR) is 73.5 cm³/mol. The first kappa shape index (κ1) is 14.0. The van der Waals surface area contributed by atoms with E-state index in [0.717, 1.165) is 12.1 Å². The van der Waals surface area contributed by atoms with Gasteiger partial charge in [0.1, 0.15) is 11.6 Å². The van der Waals surface area contributed by atoms with Gasteiger partial charge in [-0.1, -0.05) is 17.7 Å². The van der Waals surface area contributed by atoms with Gasteiger partial charge >= 0.3 is 0 Å². The first-order valence-electron chi connectivity index (χ1n) is 5.19. The highest BCUT2D eigenvalue weighted by molar-refractivity contribution is 9.10. The Morgan fingerprint density at radius 3 is 2.63 bits per heavy atom. The van der Waals surface area contributed by atoms with Crippen LogP contribution in [0.2, 0.25) is 5.02 Å². The number of carbonyl (C=O) groups excluding carboxylic acids is 1. The SMILES string of the molecule is O=C(Nc1cc(F)cc(Cl)c1)c1cccc(F)c1Br. The van der Waals surface area contributed by atoms with Crippen LogP contribution >= 0.6 is 27.5 Å². The van der Waals surface area contributed by atoms with Gasteiger partial charge in [0.15, 0.2) is 0 Å². The van der Waals surface area contributed by atoms with Crippen molar-refractivity contribution in [3.63, 3.8) is 0 Å². The van der Waals surface area contributed by atoms with E-state index >= 15 is 0 Å². The summed E-state index contributed by atoms with van der Waals surface area (Å²) in [5.74, 6) is -1.68. The van der Waals surface area contributed by atoms with Gasteiger partial charge in [-0.15, -0.1) is 0 Å². The molecule has 0 aliphatic rings. The summed E-state index contributed by atoms with van der Waals surface area (Å²) in [6.45, 7) is 0. The predicted octanol–water partition coefficient (Wildman–Crippen LogP) is 4.63. The average Bonchev–Trinajstić information content (AvgIpc) is 2.31. The van der Waals surface area contributed by atoms with E-state index in [1.54, 1.807) is 0 Å². The van der Waals surface area contributed by atoms with E-state index in [2.05, 4.69) is 21.2 Å². The van der Waals surface area contributed by atoms with Crippen LogP contribution in [0.4, 0.5) is 14.5 Å². The molecule has 0 unspecified atom stereocenters. The lowest BCUT2D eigenvalue weighted by atomic mass is 10.2. The Hall–Kier alpha value is -1.46. The molecular weight excluding hydrogens is 340 g/mol. The molecule has 0 bridgehead atoms. The number of benzene rings is 2. The Morgan fingerprint density at radius 2 is 1.95 bits per heavy atom. The molecule has 2 rings (SSSR count). The Labute approximate surface area is 121 Å². The lowest BCUT2D eigenvalue weighted by Crippen LogP contribution is -2.13. The van der Waals surface area contributed by atoms with E-state index < -0.39 is 17.5 Å². The molecule has 6 heteroatoms. The molecule has 0 radical (unpaired) electrons. The molecule has 2 nitrogen and oxygen atoms in total. The Morgan fingerprint density at radius 1 is 1.21 bits per heavy atom. The first-order valence-corrected chi connectivity index (χ1v) is 6.36. The van der Waals surface area contributed by atoms with Crippen LogP contribution in [0.1, 0.15) is 10.4 Å². The molecule has 0 spiro atoms. The number of halogens is 4. The summed E-state index contributed by atoms with van der Waals surface area (Å²) in [5.41, 5.74) is 0.312. The number of amides is 1. The normalized spacial score (nSPS) is 10.3. The van der Waals surface area contributed by atoms with Crippen molar-refractivity contribution in [2.24, 2.45) is 0 Å². The number of rotatable bonds is 2. The molecule has 19 heavy (non-hydrogen) atoms. The second-order valence-corrected chi connectivity index (χ2v) is 4.94. The number of carbonyl (C=O) groups is 1. The van der Waals surface area contributed by atoms with E-state index in [0.29, 0.717) is 0 Å². The minimum atomic E-state index is -0.568. The second-order valence-electron chi connectivity index (χ2n) is 3.71. The Bertz CT molecular complexity index is 628. The zero-order valence-corrected chi connectivity index (χ0v) is 11.7. The molecule has 0 aliphatic heterocycles. The molecule has 2 aromatic carbocycles. The summed E-state index contributed by atoms with van der Waals surface area (Å²) in [4.78, 5) is 11.9. The summed E-state index contributed by atoms with van der Waals surface area (Å²) in [7, 11) is 0. The molecule has 0 saturated carbocycles. The molecule has 1 N–H and O–H groups in total. The Balaban J connectivity index is 2.28. The molecular formula is C13H7BrClF2NO. The molecule has 0 aliphatic carbocycles. The number of hydrogen-bond donors (Lipinski definition) is 1. The zero-order chi connectivity index (χ0) is 14.0. The highest BCUT2D eigenvalue weighted by atomic mass is 79.9. The van der Waals surface area contributed by atoms with Gasteiger partial charge in [-0.3, -0.25) is 4.79 Å². The van der Waals surface area contributed by atoms with Crippen LogP contribution in [0.15, 0.2) is 40.9 Å². The van der Waals surface area contributed by atoms with E-state index in [-0.39, 0.29) is 20.7 Å². The van der Waals surface area contributed by atoms with Crippen molar-refractivity contribution in [2.75, 3.05) is 5.32 Å². The van der Waals surface area contributed by atoms with Crippen molar-refractivity contribution < 1.29 is 13.6 Å². The van der Waals surface area contributed by atoms with Crippen LogP contribution in [0.3, 0.4) is 0 Å². The summed E-state index contributed by atoms with van der Waals surface area (Å²) >= 11 is 8.66. The molecule has 0 heterocycles. The number of anilines is 1. The van der Waals surface area contributed by atoms with Crippen molar-refractivity contribution in [1.82, 2.24) is 0 Å². The molecule has 0 saturated heterocycles. The van der Waals surface area contributed by atoms with Crippen molar-refractivity contribution in [3.05, 3.63) is 63.1 Å². The van der Waals surface area contributed by atoms with Crippen molar-refractivity contribution >= 4 is 39.1 Å². The fraction of sp³-hybridized carbons (Fsp3) is 0. The van der Waals surface area contributed by atoms with E-state index in [4.69, 9.17) is 11.6 Å². The first-order chi connectivity index (χ1) is 8.97. The van der Waals surface area contributed by atoms with Gasteiger partial charge in [-0.2, -0.15) is 0 Å². The monoisotopic (exact) mass is 345 g/mol. The van der Waals surface area contributed by atoms with Gasteiger partial charge in [0, 0.05) is 10.7 Å². The molecule has 0 fully saturated rings. The smallest absolute Gasteiger partial charge is 0.256 e. The van der Waals surface area contributed by atoms with Crippen LogP contribution in [0.5, 0.6) is 0 Å². The van der Waals surface area contributed by atoms with Crippen LogP contribution in [0.25, 0.3) is 0 Å². The van der Waals surface area contributed by atoms with Crippen LogP contribution in [-0.4, -0.2) is 5.91 Å². The number of hydrogen-bond acceptors (Lipinski definition) is 1. The van der Waals surface area contributed by atoms with Gasteiger partial charge in [0.25, 0.3) is 5.91 Å². The fourth-order valence-electron chi connectivity index (χ4n) is 1.50. The minimum absolute atomic E-state index is 0.0509. The van der Waals surface area contributed by atoms with Gasteiger partial charge in [-0.05, 0) is 46.3 Å². The fourth-order valence-corrected chi connectivity index (χ4v) is 2.17. The van der Waals surface area contributed by atoms with Gasteiger partial charge < -0.3 is 5.32 Å². The standard InChI is InChI=1S/C13H7BrClF2NO/c14-12-10(2-1-3-11(12)17)13(19)18-9-5-7(15)4-8(16)6-9/h1-6H,(H,18,19). The quantitative estimate of drug-likeness (QED) is 0.844. The van der Waals surface area contributed by atoms with Crippen molar-refractivity contribution in [2.45, 2.75) is 0 Å². The van der Waals surface area contributed by atoms with E-state index in [9.17, 15) is 13.6 Å². The van der Waals surface area contributed by atoms with Gasteiger partial charge in [0.2, 0.25) is 0 Å². The average molecular weight is 347 g/mol. The summed E-state index contributed by atoms with van der Waals surface area (Å²) < 4.78 is 26.5. The summed E-state index contributed by atoms with van der Waals surface area (Å²) in [5, 5.41) is 2.61. The van der Waals surface area contributed by atoms with Gasteiger partial charge in [-0.25, -0.2) is 8.78 Å². The molecule has 0 atom stereocenters. The zero-order valence-electron chi connectivity index (χ0n) is 9.38. The van der Waals surface area contributed by atoms with Crippen LogP contribution in [0, 0.1) is 11.6 Å². The third kappa shape index (κ3) is 3.30. The second kappa shape index (κ2) is 5.67. The molecule has 2 aromatic rings. The third-order valence-electron chi connectivity index (χ3n) is 2.32. The Kier molecular flexibility index (Phi) is 4.17. The van der Waals surface area contributed by atoms with Crippen molar-refractivity contribution in [3.8, 4) is 0 Å². The van der Waals surface area contributed by atoms with Gasteiger partial charge in [0.05, 0.1) is 10.0 Å². The number of nitrogens with one attached hydrogen (secondary N) is 1. The maximum absolute atomic E-state index is 13.3. The maximum atomic E-state index is 13.3. The summed E-state index contributed by atoms with van der Waals surface area (Å²) in [6.07, 6.45) is 0. The maximum Gasteiger partial charge on any atom is 0.256 e. The van der Waals surface area contributed by atoms with Crippen LogP contribution < -0.4 is 5.32 Å². The van der Waals surface area contributed by atoms with Crippen molar-refractivity contribution in [1.29, 1.82) is 0 Å². The minimum Gasteiger partial charge on any atom is -0.322 e. The molecule has 98 valence electrons. The largest absolute Gasteiger partial charge is 0.322 e. The lowest BCUT2D eigenvalue weighted by Gasteiger charge is -2.08. The molecule has 0 aromatic heterocycles. The highest BCUT2D eigenvalue weighted by Crippen LogP contribution is 2.23. The van der Waals surface area contributed by atoms with E-state index in [1.807, 2.05) is 0 Å². The lowest BCUT2D eigenvalue weighted by molar-refractivity contribution is 0.102. The highest BCUT2D eigenvalue weighted by Gasteiger charge is 2.13.